The molecule has 0 amide bonds. The molecule has 0 aliphatic carbocycles. The normalized spacial score (nSPS) is 10.3. The Bertz CT molecular complexity index is 1070. The van der Waals surface area contributed by atoms with Gasteiger partial charge in [0.1, 0.15) is 0 Å². The molecule has 1 heterocycles. The minimum atomic E-state index is -0.520. The Morgan fingerprint density at radius 2 is 2.04 bits per heavy atom. The average molecular weight is 349 g/mol. The van der Waals surface area contributed by atoms with E-state index >= 15 is 0 Å². The topological polar surface area (TPSA) is 94.2 Å². The molecule has 1 aromatic heterocycles. The molecule has 3 rings (SSSR count). The van der Waals surface area contributed by atoms with Gasteiger partial charge >= 0.3 is 5.97 Å². The number of methoxy groups -OCH3 is 1. The summed E-state index contributed by atoms with van der Waals surface area (Å²) in [6.07, 6.45) is 1.41. The summed E-state index contributed by atoms with van der Waals surface area (Å²) < 4.78 is 11.8. The average Bonchev–Trinajstić information content (AvgIpc) is 2.68. The molecule has 0 fully saturated rings. The van der Waals surface area contributed by atoms with Gasteiger partial charge in [-0.25, -0.2) is 4.98 Å². The third-order valence-corrected chi connectivity index (χ3v) is 3.80. The van der Waals surface area contributed by atoms with E-state index in [1.165, 1.54) is 36.2 Å². The third kappa shape index (κ3) is 3.54. The first-order chi connectivity index (χ1) is 12.6. The number of nitrogens with zero attached hydrogens (tertiary/aromatic N) is 3. The van der Waals surface area contributed by atoms with Crippen LogP contribution in [0, 0.1) is 11.3 Å². The van der Waals surface area contributed by atoms with Crippen LogP contribution < -0.4 is 15.0 Å². The van der Waals surface area contributed by atoms with Crippen molar-refractivity contribution < 1.29 is 14.3 Å². The molecule has 3 aromatic rings. The molecular formula is C19H15N3O4. The van der Waals surface area contributed by atoms with Crippen molar-refractivity contribution in [2.75, 3.05) is 7.11 Å². The van der Waals surface area contributed by atoms with E-state index in [9.17, 15) is 9.59 Å². The molecule has 0 aliphatic heterocycles. The molecule has 0 aliphatic rings. The number of carbonyl (C=O) groups is 1. The van der Waals surface area contributed by atoms with Crippen molar-refractivity contribution in [2.24, 2.45) is 0 Å². The number of aryl methyl sites for hydroxylation is 1. The molecule has 2 aromatic carbocycles. The lowest BCUT2D eigenvalue weighted by Crippen LogP contribution is -2.23. The predicted octanol–water partition coefficient (Wildman–Crippen LogP) is 2.27. The number of fused-ring (bicyclic) bond motifs is 1. The maximum atomic E-state index is 12.4. The fourth-order valence-corrected chi connectivity index (χ4v) is 2.47. The molecular weight excluding hydrogens is 334 g/mol. The SMILES string of the molecule is COc1cc(C#N)ccc1OC(=O)CCn1cnc2ccccc2c1=O. The number of carbonyl (C=O) groups excluding carboxylic acids is 1. The number of hydrogen-bond donors (Lipinski definition) is 0. The zero-order valence-corrected chi connectivity index (χ0v) is 14.0. The lowest BCUT2D eigenvalue weighted by atomic mass is 10.2. The molecule has 7 nitrogen and oxygen atoms in total. The summed E-state index contributed by atoms with van der Waals surface area (Å²) in [5.74, 6) is -0.00418. The van der Waals surface area contributed by atoms with E-state index in [1.54, 1.807) is 24.3 Å². The summed E-state index contributed by atoms with van der Waals surface area (Å²) in [4.78, 5) is 28.7. The summed E-state index contributed by atoms with van der Waals surface area (Å²) >= 11 is 0. The monoisotopic (exact) mass is 349 g/mol. The highest BCUT2D eigenvalue weighted by Gasteiger charge is 2.12. The highest BCUT2D eigenvalue weighted by Crippen LogP contribution is 2.28. The van der Waals surface area contributed by atoms with Gasteiger partial charge in [-0.15, -0.1) is 0 Å². The number of nitriles is 1. The Morgan fingerprint density at radius 1 is 1.23 bits per heavy atom. The second-order valence-corrected chi connectivity index (χ2v) is 5.46. The predicted molar refractivity (Wildman–Crippen MR) is 94.0 cm³/mol. The number of ether oxygens (including phenoxy) is 2. The smallest absolute Gasteiger partial charge is 0.313 e. The standard InChI is InChI=1S/C19H15N3O4/c1-25-17-10-13(11-20)6-7-16(17)26-18(23)8-9-22-12-21-15-5-3-2-4-14(15)19(22)24/h2-7,10,12H,8-9H2,1H3. The van der Waals surface area contributed by atoms with Gasteiger partial charge in [0.05, 0.1) is 42.4 Å². The van der Waals surface area contributed by atoms with Crippen molar-refractivity contribution >= 4 is 16.9 Å². The Labute approximate surface area is 149 Å². The van der Waals surface area contributed by atoms with Gasteiger partial charge in [0, 0.05) is 12.6 Å². The van der Waals surface area contributed by atoms with E-state index in [2.05, 4.69) is 4.98 Å². The molecule has 0 N–H and O–H groups in total. The van der Waals surface area contributed by atoms with E-state index in [0.29, 0.717) is 22.2 Å². The molecule has 0 saturated heterocycles. The summed E-state index contributed by atoms with van der Waals surface area (Å²) in [5, 5.41) is 9.39. The number of para-hydroxylation sites is 1. The fourth-order valence-electron chi connectivity index (χ4n) is 2.47. The van der Waals surface area contributed by atoms with Gasteiger partial charge in [-0.3, -0.25) is 14.2 Å². The molecule has 0 unspecified atom stereocenters. The van der Waals surface area contributed by atoms with E-state index in [4.69, 9.17) is 14.7 Å². The van der Waals surface area contributed by atoms with Crippen LogP contribution in [-0.4, -0.2) is 22.6 Å². The van der Waals surface area contributed by atoms with Crippen LogP contribution in [0.5, 0.6) is 11.5 Å². The summed E-state index contributed by atoms with van der Waals surface area (Å²) in [5.41, 5.74) is 0.799. The number of rotatable bonds is 5. The Morgan fingerprint density at radius 3 is 2.81 bits per heavy atom. The maximum absolute atomic E-state index is 12.4. The maximum Gasteiger partial charge on any atom is 0.313 e. The van der Waals surface area contributed by atoms with Crippen LogP contribution in [0.4, 0.5) is 0 Å². The molecule has 0 bridgehead atoms. The second-order valence-electron chi connectivity index (χ2n) is 5.46. The van der Waals surface area contributed by atoms with Crippen molar-refractivity contribution in [1.29, 1.82) is 5.26 Å². The van der Waals surface area contributed by atoms with Gasteiger partial charge in [0.25, 0.3) is 5.56 Å². The van der Waals surface area contributed by atoms with E-state index in [0.717, 1.165) is 0 Å². The number of esters is 1. The molecule has 0 saturated carbocycles. The highest BCUT2D eigenvalue weighted by molar-refractivity contribution is 5.77. The first-order valence-electron chi connectivity index (χ1n) is 7.85. The quantitative estimate of drug-likeness (QED) is 0.518. The zero-order valence-electron chi connectivity index (χ0n) is 14.0. The molecule has 0 radical (unpaired) electrons. The van der Waals surface area contributed by atoms with Gasteiger partial charge in [-0.2, -0.15) is 5.26 Å². The Balaban J connectivity index is 1.71. The number of aromatic nitrogens is 2. The van der Waals surface area contributed by atoms with E-state index in [-0.39, 0.29) is 24.3 Å². The zero-order chi connectivity index (χ0) is 18.5. The summed E-state index contributed by atoms with van der Waals surface area (Å²) in [6, 6.07) is 13.5. The fraction of sp³-hybridized carbons (Fsp3) is 0.158. The summed E-state index contributed by atoms with van der Waals surface area (Å²) in [6.45, 7) is 0.147. The van der Waals surface area contributed by atoms with Gasteiger partial charge in [0.15, 0.2) is 11.5 Å². The molecule has 130 valence electrons. The van der Waals surface area contributed by atoms with E-state index in [1.807, 2.05) is 6.07 Å². The highest BCUT2D eigenvalue weighted by atomic mass is 16.6. The molecule has 0 atom stereocenters. The van der Waals surface area contributed by atoms with Crippen LogP contribution in [0.25, 0.3) is 10.9 Å². The van der Waals surface area contributed by atoms with Crippen molar-refractivity contribution in [3.8, 4) is 17.6 Å². The van der Waals surface area contributed by atoms with Gasteiger partial charge in [-0.05, 0) is 24.3 Å². The second kappa shape index (κ2) is 7.49. The van der Waals surface area contributed by atoms with Gasteiger partial charge in [-0.1, -0.05) is 12.1 Å². The first kappa shape index (κ1) is 17.2. The third-order valence-electron chi connectivity index (χ3n) is 3.80. The minimum Gasteiger partial charge on any atom is -0.493 e. The number of benzene rings is 2. The molecule has 0 spiro atoms. The molecule has 7 heteroatoms. The van der Waals surface area contributed by atoms with Crippen LogP contribution >= 0.6 is 0 Å². The van der Waals surface area contributed by atoms with Crippen LogP contribution in [0.15, 0.2) is 53.6 Å². The Hall–Kier alpha value is -3.66. The van der Waals surface area contributed by atoms with Crippen LogP contribution in [0.2, 0.25) is 0 Å². The van der Waals surface area contributed by atoms with Crippen molar-refractivity contribution in [3.05, 3.63) is 64.7 Å². The van der Waals surface area contributed by atoms with Gasteiger partial charge < -0.3 is 9.47 Å². The van der Waals surface area contributed by atoms with Crippen molar-refractivity contribution in [1.82, 2.24) is 9.55 Å². The first-order valence-corrected chi connectivity index (χ1v) is 7.85. The van der Waals surface area contributed by atoms with Crippen molar-refractivity contribution in [3.63, 3.8) is 0 Å². The van der Waals surface area contributed by atoms with Crippen LogP contribution in [0.1, 0.15) is 12.0 Å². The minimum absolute atomic E-state index is 0.0108. The lowest BCUT2D eigenvalue weighted by Gasteiger charge is -2.10. The summed E-state index contributed by atoms with van der Waals surface area (Å²) in [7, 11) is 1.42. The van der Waals surface area contributed by atoms with Crippen LogP contribution in [-0.2, 0) is 11.3 Å². The van der Waals surface area contributed by atoms with E-state index < -0.39 is 5.97 Å². The van der Waals surface area contributed by atoms with Crippen molar-refractivity contribution in [2.45, 2.75) is 13.0 Å². The lowest BCUT2D eigenvalue weighted by molar-refractivity contribution is -0.134. The molecule has 26 heavy (non-hydrogen) atoms. The largest absolute Gasteiger partial charge is 0.493 e. The Kier molecular flexibility index (Phi) is 4.94. The van der Waals surface area contributed by atoms with Gasteiger partial charge in [0.2, 0.25) is 0 Å². The number of hydrogen-bond acceptors (Lipinski definition) is 6. The van der Waals surface area contributed by atoms with Crippen LogP contribution in [0.3, 0.4) is 0 Å².